The van der Waals surface area contributed by atoms with E-state index in [1.807, 2.05) is 0 Å². The third-order valence-corrected chi connectivity index (χ3v) is 2.62. The minimum atomic E-state index is -4.70. The summed E-state index contributed by atoms with van der Waals surface area (Å²) < 4.78 is 37.5. The molecule has 1 saturated carbocycles. The average molecular weight is 224 g/mol. The predicted octanol–water partition coefficient (Wildman–Crippen LogP) is 1.28. The molecule has 1 rings (SSSR count). The number of nitrogens with zero attached hydrogens (tertiary/aromatic N) is 1. The van der Waals surface area contributed by atoms with Crippen LogP contribution in [0.5, 0.6) is 0 Å². The average Bonchev–Trinajstić information content (AvgIpc) is 2.87. The molecule has 0 aromatic rings. The van der Waals surface area contributed by atoms with Crippen molar-refractivity contribution < 1.29 is 18.0 Å². The first kappa shape index (κ1) is 12.3. The van der Waals surface area contributed by atoms with E-state index in [0.29, 0.717) is 0 Å². The summed E-state index contributed by atoms with van der Waals surface area (Å²) >= 11 is 0. The molecule has 0 saturated heterocycles. The Morgan fingerprint density at radius 2 is 1.93 bits per heavy atom. The molecular weight excluding hydrogens is 209 g/mol. The Morgan fingerprint density at radius 3 is 2.20 bits per heavy atom. The van der Waals surface area contributed by atoms with Gasteiger partial charge in [0.1, 0.15) is 0 Å². The normalized spacial score (nSPS) is 20.9. The number of hydrogen-bond acceptors (Lipinski definition) is 2. The first-order chi connectivity index (χ1) is 6.71. The molecule has 1 fully saturated rings. The molecule has 0 aromatic carbocycles. The molecule has 3 nitrogen and oxygen atoms in total. The van der Waals surface area contributed by atoms with Gasteiger partial charge in [0, 0.05) is 12.6 Å². The van der Waals surface area contributed by atoms with E-state index >= 15 is 0 Å². The van der Waals surface area contributed by atoms with Gasteiger partial charge >= 0.3 is 6.18 Å². The number of carbonyl (C=O) groups is 1. The van der Waals surface area contributed by atoms with Gasteiger partial charge in [-0.25, -0.2) is 0 Å². The summed E-state index contributed by atoms with van der Waals surface area (Å²) in [6.07, 6.45) is -3.16. The van der Waals surface area contributed by atoms with E-state index in [-0.39, 0.29) is 12.6 Å². The van der Waals surface area contributed by atoms with Crippen molar-refractivity contribution in [3.05, 3.63) is 0 Å². The molecule has 1 atom stereocenters. The van der Waals surface area contributed by atoms with Crippen LogP contribution in [0.3, 0.4) is 0 Å². The van der Waals surface area contributed by atoms with Crippen molar-refractivity contribution in [1.29, 1.82) is 0 Å². The summed E-state index contributed by atoms with van der Waals surface area (Å²) in [5, 5.41) is 0. The lowest BCUT2D eigenvalue weighted by molar-refractivity contribution is -0.193. The lowest BCUT2D eigenvalue weighted by Crippen LogP contribution is -2.62. The van der Waals surface area contributed by atoms with E-state index in [2.05, 4.69) is 0 Å². The van der Waals surface area contributed by atoms with Gasteiger partial charge in [0.25, 0.3) is 5.91 Å². The van der Waals surface area contributed by atoms with Crippen LogP contribution < -0.4 is 5.73 Å². The highest BCUT2D eigenvalue weighted by molar-refractivity contribution is 5.87. The number of hydrogen-bond donors (Lipinski definition) is 1. The van der Waals surface area contributed by atoms with Gasteiger partial charge in [-0.1, -0.05) is 0 Å². The van der Waals surface area contributed by atoms with Gasteiger partial charge in [0.15, 0.2) is 5.54 Å². The molecule has 0 bridgehead atoms. The summed E-state index contributed by atoms with van der Waals surface area (Å²) in [7, 11) is 0. The van der Waals surface area contributed by atoms with Gasteiger partial charge in [-0.05, 0) is 26.7 Å². The Labute approximate surface area is 86.4 Å². The van der Waals surface area contributed by atoms with Crippen molar-refractivity contribution in [2.24, 2.45) is 5.73 Å². The van der Waals surface area contributed by atoms with Crippen LogP contribution >= 0.6 is 0 Å². The molecule has 0 radical (unpaired) electrons. The van der Waals surface area contributed by atoms with Crippen LogP contribution in [0, 0.1) is 0 Å². The van der Waals surface area contributed by atoms with Gasteiger partial charge < -0.3 is 10.6 Å². The Morgan fingerprint density at radius 1 is 1.47 bits per heavy atom. The van der Waals surface area contributed by atoms with Crippen molar-refractivity contribution in [1.82, 2.24) is 4.90 Å². The maximum Gasteiger partial charge on any atom is 0.415 e. The van der Waals surface area contributed by atoms with E-state index in [1.165, 1.54) is 4.90 Å². The number of carbonyl (C=O) groups excluding carboxylic acids is 1. The van der Waals surface area contributed by atoms with Crippen LogP contribution in [0.2, 0.25) is 0 Å². The van der Waals surface area contributed by atoms with Crippen LogP contribution in [0.4, 0.5) is 13.2 Å². The van der Waals surface area contributed by atoms with Gasteiger partial charge in [-0.3, -0.25) is 4.79 Å². The maximum atomic E-state index is 12.5. The van der Waals surface area contributed by atoms with Gasteiger partial charge in [0.05, 0.1) is 0 Å². The van der Waals surface area contributed by atoms with Gasteiger partial charge in [0.2, 0.25) is 0 Å². The van der Waals surface area contributed by atoms with E-state index < -0.39 is 17.6 Å². The molecular formula is C9H15F3N2O. The monoisotopic (exact) mass is 224 g/mol. The van der Waals surface area contributed by atoms with E-state index in [1.54, 1.807) is 6.92 Å². The third kappa shape index (κ3) is 2.25. The first-order valence-corrected chi connectivity index (χ1v) is 4.88. The molecule has 0 spiro atoms. The molecule has 1 aliphatic carbocycles. The lowest BCUT2D eigenvalue weighted by Gasteiger charge is -2.32. The SMILES string of the molecule is CCN(C(=O)C(C)(N)C(F)(F)F)C1CC1. The number of halogens is 3. The zero-order chi connectivity index (χ0) is 11.9. The van der Waals surface area contributed by atoms with Crippen LogP contribution in [-0.2, 0) is 4.79 Å². The summed E-state index contributed by atoms with van der Waals surface area (Å²) in [5.74, 6) is -1.03. The predicted molar refractivity (Wildman–Crippen MR) is 49.1 cm³/mol. The highest BCUT2D eigenvalue weighted by atomic mass is 19.4. The fourth-order valence-corrected chi connectivity index (χ4v) is 1.37. The minimum Gasteiger partial charge on any atom is -0.338 e. The Kier molecular flexibility index (Phi) is 3.00. The van der Waals surface area contributed by atoms with Gasteiger partial charge in [-0.2, -0.15) is 13.2 Å². The molecule has 0 aromatic heterocycles. The quantitative estimate of drug-likeness (QED) is 0.784. The lowest BCUT2D eigenvalue weighted by atomic mass is 10.0. The second-order valence-electron chi connectivity index (χ2n) is 4.02. The number of nitrogens with two attached hydrogens (primary N) is 1. The standard InChI is InChI=1S/C9H15F3N2O/c1-3-14(6-4-5-6)7(15)8(2,13)9(10,11)12/h6H,3-5,13H2,1-2H3. The molecule has 88 valence electrons. The highest BCUT2D eigenvalue weighted by Gasteiger charge is 2.56. The molecule has 2 N–H and O–H groups in total. The van der Waals surface area contributed by atoms with E-state index in [9.17, 15) is 18.0 Å². The second-order valence-corrected chi connectivity index (χ2v) is 4.02. The van der Waals surface area contributed by atoms with E-state index in [0.717, 1.165) is 19.8 Å². The summed E-state index contributed by atoms with van der Waals surface area (Å²) in [6, 6.07) is -0.0484. The fourth-order valence-electron chi connectivity index (χ4n) is 1.37. The van der Waals surface area contributed by atoms with Crippen molar-refractivity contribution >= 4 is 5.91 Å². The van der Waals surface area contributed by atoms with Crippen molar-refractivity contribution in [3.8, 4) is 0 Å². The number of rotatable bonds is 3. The zero-order valence-electron chi connectivity index (χ0n) is 8.77. The first-order valence-electron chi connectivity index (χ1n) is 4.88. The highest BCUT2D eigenvalue weighted by Crippen LogP contribution is 2.34. The Balaban J connectivity index is 2.81. The zero-order valence-corrected chi connectivity index (χ0v) is 8.77. The number of amides is 1. The van der Waals surface area contributed by atoms with Crippen molar-refractivity contribution in [2.45, 2.75) is 44.4 Å². The number of alkyl halides is 3. The largest absolute Gasteiger partial charge is 0.415 e. The molecule has 15 heavy (non-hydrogen) atoms. The van der Waals surface area contributed by atoms with Crippen molar-refractivity contribution in [3.63, 3.8) is 0 Å². The maximum absolute atomic E-state index is 12.5. The van der Waals surface area contributed by atoms with Gasteiger partial charge in [-0.15, -0.1) is 0 Å². The van der Waals surface area contributed by atoms with Crippen LogP contribution in [0.15, 0.2) is 0 Å². The fraction of sp³-hybridized carbons (Fsp3) is 0.889. The van der Waals surface area contributed by atoms with Crippen molar-refractivity contribution in [2.75, 3.05) is 6.54 Å². The van der Waals surface area contributed by atoms with Crippen LogP contribution in [0.25, 0.3) is 0 Å². The Bertz CT molecular complexity index is 259. The Hall–Kier alpha value is -0.780. The third-order valence-electron chi connectivity index (χ3n) is 2.62. The molecule has 1 amide bonds. The van der Waals surface area contributed by atoms with Crippen LogP contribution in [-0.4, -0.2) is 35.1 Å². The van der Waals surface area contributed by atoms with Crippen LogP contribution in [0.1, 0.15) is 26.7 Å². The molecule has 0 heterocycles. The van der Waals surface area contributed by atoms with E-state index in [4.69, 9.17) is 5.73 Å². The minimum absolute atomic E-state index is 0.0484. The molecule has 6 heteroatoms. The molecule has 1 aliphatic rings. The molecule has 1 unspecified atom stereocenters. The summed E-state index contributed by atoms with van der Waals surface area (Å²) in [6.45, 7) is 2.65. The second kappa shape index (κ2) is 3.66. The smallest absolute Gasteiger partial charge is 0.338 e. The molecule has 0 aliphatic heterocycles. The number of likely N-dealkylation sites (N-methyl/N-ethyl adjacent to an activating group) is 1. The topological polar surface area (TPSA) is 46.3 Å². The summed E-state index contributed by atoms with van der Waals surface area (Å²) in [5.41, 5.74) is 2.29. The summed E-state index contributed by atoms with van der Waals surface area (Å²) in [4.78, 5) is 12.8.